The van der Waals surface area contributed by atoms with Crippen molar-refractivity contribution in [1.82, 2.24) is 33.6 Å². The summed E-state index contributed by atoms with van der Waals surface area (Å²) in [4.78, 5) is 18.5. The highest BCUT2D eigenvalue weighted by molar-refractivity contribution is 6.11. The van der Waals surface area contributed by atoms with Crippen molar-refractivity contribution >= 4 is 65.4 Å². The maximum Gasteiger partial charge on any atom is 0.234 e. The Balaban J connectivity index is 0.963. The first-order chi connectivity index (χ1) is 29.6. The van der Waals surface area contributed by atoms with Crippen molar-refractivity contribution in [3.8, 4) is 40.6 Å². The van der Waals surface area contributed by atoms with Crippen LogP contribution >= 0.6 is 0 Å². The molecule has 9 heteroatoms. The standard InChI is InChI=1S/C50H31N7O2/c1-3-12-42-36(10-1)38-20-16-32(28-44(38)55(42)48-14-5-7-24-51-48)58-34-18-22-40-41-23-19-35(31-47(41)57(46(40)30-34)50-53-26-9-27-54-50)59-33-17-21-39-37-11-2-4-13-43(37)56(45(39)29-33)49-15-6-8-25-52-49/h1-31H/i26D. The van der Waals surface area contributed by atoms with Crippen molar-refractivity contribution < 1.29 is 10.8 Å². The summed E-state index contributed by atoms with van der Waals surface area (Å²) in [6.45, 7) is 0. The highest BCUT2D eigenvalue weighted by atomic mass is 16.5. The number of benzene rings is 6. The summed E-state index contributed by atoms with van der Waals surface area (Å²) >= 11 is 0. The number of pyridine rings is 2. The van der Waals surface area contributed by atoms with Crippen LogP contribution in [0.4, 0.5) is 0 Å². The molecule has 0 saturated carbocycles. The number of hydrogen-bond donors (Lipinski definition) is 0. The van der Waals surface area contributed by atoms with Gasteiger partial charge in [-0.1, -0.05) is 48.5 Å². The van der Waals surface area contributed by atoms with Crippen LogP contribution in [0.25, 0.3) is 83.0 Å². The van der Waals surface area contributed by atoms with Gasteiger partial charge >= 0.3 is 0 Å². The first kappa shape index (κ1) is 31.9. The summed E-state index contributed by atoms with van der Waals surface area (Å²) < 4.78 is 28.0. The topological polar surface area (TPSA) is 84.8 Å². The van der Waals surface area contributed by atoms with Gasteiger partial charge in [0.15, 0.2) is 0 Å². The Morgan fingerprint density at radius 3 is 1.15 bits per heavy atom. The lowest BCUT2D eigenvalue weighted by atomic mass is 10.1. The highest BCUT2D eigenvalue weighted by Crippen LogP contribution is 2.40. The third-order valence-electron chi connectivity index (χ3n) is 10.9. The van der Waals surface area contributed by atoms with Crippen LogP contribution < -0.4 is 9.47 Å². The zero-order valence-electron chi connectivity index (χ0n) is 32.3. The van der Waals surface area contributed by atoms with Crippen LogP contribution in [0.1, 0.15) is 1.37 Å². The second-order valence-corrected chi connectivity index (χ2v) is 14.3. The van der Waals surface area contributed by atoms with Crippen LogP contribution in [0, 0.1) is 0 Å². The average Bonchev–Trinajstić information content (AvgIpc) is 3.91. The molecule has 0 radical (unpaired) electrons. The van der Waals surface area contributed by atoms with E-state index in [4.69, 9.17) is 10.8 Å². The average molecular weight is 763 g/mol. The lowest BCUT2D eigenvalue weighted by Gasteiger charge is -2.10. The Morgan fingerprint density at radius 2 is 0.729 bits per heavy atom. The highest BCUT2D eigenvalue weighted by Gasteiger charge is 2.19. The summed E-state index contributed by atoms with van der Waals surface area (Å²) in [7, 11) is 0. The molecule has 0 N–H and O–H groups in total. The third-order valence-corrected chi connectivity index (χ3v) is 10.9. The van der Waals surface area contributed by atoms with Crippen LogP contribution in [-0.2, 0) is 0 Å². The van der Waals surface area contributed by atoms with Gasteiger partial charge in [-0.15, -0.1) is 0 Å². The third kappa shape index (κ3) is 5.33. The summed E-state index contributed by atoms with van der Waals surface area (Å²) in [6, 6.07) is 54.5. The molecule has 0 aliphatic carbocycles. The molecule has 0 saturated heterocycles. The SMILES string of the molecule is [2H]c1ccnc(-n2c3cc(Oc4ccc5c6ccccc6n(-c6ccccn6)c5c4)ccc3c3ccc(Oc4ccc5c6ccccc6n(-c6ccccn6)c5c4)cc32)n1. The molecule has 0 atom stereocenters. The molecule has 0 aliphatic heterocycles. The molecule has 9 nitrogen and oxygen atoms in total. The number of aromatic nitrogens is 7. The predicted molar refractivity (Wildman–Crippen MR) is 234 cm³/mol. The smallest absolute Gasteiger partial charge is 0.234 e. The summed E-state index contributed by atoms with van der Waals surface area (Å²) in [5, 5.41) is 6.47. The zero-order valence-corrected chi connectivity index (χ0v) is 31.3. The molecule has 0 bridgehead atoms. The second kappa shape index (κ2) is 13.1. The van der Waals surface area contributed by atoms with Crippen molar-refractivity contribution in [2.75, 3.05) is 0 Å². The molecule has 6 heterocycles. The molecule has 0 amide bonds. The van der Waals surface area contributed by atoms with Gasteiger partial charge in [-0.2, -0.15) is 0 Å². The maximum atomic E-state index is 8.38. The molecule has 0 unspecified atom stereocenters. The molecule has 12 aromatic rings. The fourth-order valence-electron chi connectivity index (χ4n) is 8.46. The largest absolute Gasteiger partial charge is 0.457 e. The number of fused-ring (bicyclic) bond motifs is 9. The van der Waals surface area contributed by atoms with Crippen LogP contribution in [0.15, 0.2) is 189 Å². The van der Waals surface area contributed by atoms with E-state index in [1.807, 2.05) is 102 Å². The van der Waals surface area contributed by atoms with Crippen molar-refractivity contribution in [3.05, 3.63) is 189 Å². The number of rotatable bonds is 7. The van der Waals surface area contributed by atoms with E-state index in [0.717, 1.165) is 77.1 Å². The Labute approximate surface area is 338 Å². The van der Waals surface area contributed by atoms with Gasteiger partial charge in [-0.05, 0) is 91.0 Å². The van der Waals surface area contributed by atoms with Gasteiger partial charge in [0, 0.05) is 81.3 Å². The van der Waals surface area contributed by atoms with E-state index in [-0.39, 0.29) is 6.17 Å². The Hall–Kier alpha value is -8.30. The van der Waals surface area contributed by atoms with E-state index >= 15 is 0 Å². The first-order valence-corrected chi connectivity index (χ1v) is 19.3. The number of para-hydroxylation sites is 2. The number of hydrogen-bond acceptors (Lipinski definition) is 6. The van der Waals surface area contributed by atoms with Crippen molar-refractivity contribution in [2.45, 2.75) is 0 Å². The van der Waals surface area contributed by atoms with Crippen molar-refractivity contribution in [2.24, 2.45) is 0 Å². The van der Waals surface area contributed by atoms with Crippen LogP contribution in [0.3, 0.4) is 0 Å². The van der Waals surface area contributed by atoms with E-state index in [2.05, 4.69) is 102 Å². The number of ether oxygens (including phenoxy) is 2. The van der Waals surface area contributed by atoms with E-state index in [0.29, 0.717) is 28.9 Å². The fraction of sp³-hybridized carbons (Fsp3) is 0. The monoisotopic (exact) mass is 762 g/mol. The second-order valence-electron chi connectivity index (χ2n) is 14.3. The number of nitrogens with zero attached hydrogens (tertiary/aromatic N) is 7. The Bertz CT molecular complexity index is 3420. The lowest BCUT2D eigenvalue weighted by molar-refractivity contribution is 0.484. The van der Waals surface area contributed by atoms with Crippen LogP contribution in [0.5, 0.6) is 23.0 Å². The quantitative estimate of drug-likeness (QED) is 0.161. The van der Waals surface area contributed by atoms with E-state index in [9.17, 15) is 0 Å². The molecule has 0 fully saturated rings. The molecule has 0 aliphatic rings. The van der Waals surface area contributed by atoms with Gasteiger partial charge in [0.2, 0.25) is 5.95 Å². The lowest BCUT2D eigenvalue weighted by Crippen LogP contribution is -2.00. The normalized spacial score (nSPS) is 12.0. The van der Waals surface area contributed by atoms with Crippen LogP contribution in [0.2, 0.25) is 0 Å². The van der Waals surface area contributed by atoms with Gasteiger partial charge in [-0.25, -0.2) is 19.9 Å². The van der Waals surface area contributed by atoms with E-state index in [1.54, 1.807) is 12.3 Å². The fourth-order valence-corrected chi connectivity index (χ4v) is 8.46. The Morgan fingerprint density at radius 1 is 0.339 bits per heavy atom. The van der Waals surface area contributed by atoms with Gasteiger partial charge in [-0.3, -0.25) is 13.7 Å². The molecule has 278 valence electrons. The minimum absolute atomic E-state index is 0.114. The Kier molecular flexibility index (Phi) is 7.10. The van der Waals surface area contributed by atoms with Crippen molar-refractivity contribution in [1.29, 1.82) is 0 Å². The molecule has 59 heavy (non-hydrogen) atoms. The molecule has 0 spiro atoms. The minimum Gasteiger partial charge on any atom is -0.457 e. The van der Waals surface area contributed by atoms with Gasteiger partial charge < -0.3 is 9.47 Å². The van der Waals surface area contributed by atoms with Gasteiger partial charge in [0.05, 0.1) is 34.5 Å². The molecular weight excluding hydrogens is 731 g/mol. The summed E-state index contributed by atoms with van der Waals surface area (Å²) in [5.74, 6) is 4.69. The van der Waals surface area contributed by atoms with Crippen LogP contribution in [-0.4, -0.2) is 33.6 Å². The van der Waals surface area contributed by atoms with E-state index < -0.39 is 0 Å². The maximum absolute atomic E-state index is 8.38. The van der Waals surface area contributed by atoms with Gasteiger partial charge in [0.1, 0.15) is 34.6 Å². The molecular formula is C50H31N7O2. The van der Waals surface area contributed by atoms with Crippen molar-refractivity contribution in [3.63, 3.8) is 0 Å². The minimum atomic E-state index is 0.114. The molecule has 6 aromatic carbocycles. The molecule has 6 aromatic heterocycles. The van der Waals surface area contributed by atoms with E-state index in [1.165, 1.54) is 0 Å². The first-order valence-electron chi connectivity index (χ1n) is 19.8. The summed E-state index contributed by atoms with van der Waals surface area (Å²) in [6.07, 6.45) is 5.34. The molecule has 12 rings (SSSR count). The zero-order chi connectivity index (χ0) is 39.7. The summed E-state index contributed by atoms with van der Waals surface area (Å²) in [5.41, 5.74) is 5.79. The van der Waals surface area contributed by atoms with Gasteiger partial charge in [0.25, 0.3) is 0 Å². The predicted octanol–water partition coefficient (Wildman–Crippen LogP) is 12.1.